The molecule has 1 aromatic carbocycles. The second-order valence-corrected chi connectivity index (χ2v) is 6.83. The molecule has 0 amide bonds. The fraction of sp³-hybridized carbons (Fsp3) is 0.176. The van der Waals surface area contributed by atoms with Gasteiger partial charge in [-0.3, -0.25) is 4.57 Å². The Kier molecular flexibility index (Phi) is 5.06. The number of allylic oxidation sites excluding steroid dienone is 1. The van der Waals surface area contributed by atoms with E-state index >= 15 is 0 Å². The SMILES string of the molecule is C=CCn1c(SC(C)c2ccc(F)c(Cl)c2)nnc1-c1ccco1. The molecule has 3 rings (SSSR count). The summed E-state index contributed by atoms with van der Waals surface area (Å²) in [6, 6.07) is 8.37. The summed E-state index contributed by atoms with van der Waals surface area (Å²) in [5, 5.41) is 9.35. The highest BCUT2D eigenvalue weighted by atomic mass is 35.5. The van der Waals surface area contributed by atoms with Gasteiger partial charge in [-0.05, 0) is 36.8 Å². The number of nitrogens with zero attached hydrogens (tertiary/aromatic N) is 3. The quantitative estimate of drug-likeness (QED) is 0.436. The zero-order valence-corrected chi connectivity index (χ0v) is 14.5. The molecule has 0 N–H and O–H groups in total. The average Bonchev–Trinajstić information content (AvgIpc) is 3.21. The highest BCUT2D eigenvalue weighted by Crippen LogP contribution is 2.36. The fourth-order valence-electron chi connectivity index (χ4n) is 2.25. The standard InChI is InChI=1S/C17H15ClFN3OS/c1-3-8-22-16(15-5-4-9-23-15)20-21-17(22)24-11(2)12-6-7-14(19)13(18)10-12/h3-7,9-11H,1,8H2,2H3. The third-order valence-corrected chi connectivity index (χ3v) is 4.89. The zero-order valence-electron chi connectivity index (χ0n) is 12.9. The van der Waals surface area contributed by atoms with E-state index in [2.05, 4.69) is 16.8 Å². The first kappa shape index (κ1) is 16.8. The van der Waals surface area contributed by atoms with E-state index < -0.39 is 5.82 Å². The predicted octanol–water partition coefficient (Wildman–Crippen LogP) is 5.37. The van der Waals surface area contributed by atoms with Crippen LogP contribution in [0.5, 0.6) is 0 Å². The lowest BCUT2D eigenvalue weighted by molar-refractivity contribution is 0.569. The maximum absolute atomic E-state index is 13.3. The summed E-state index contributed by atoms with van der Waals surface area (Å²) >= 11 is 7.39. The van der Waals surface area contributed by atoms with Gasteiger partial charge in [-0.15, -0.1) is 16.8 Å². The van der Waals surface area contributed by atoms with Crippen LogP contribution in [0.15, 0.2) is 58.8 Å². The van der Waals surface area contributed by atoms with Gasteiger partial charge in [-0.1, -0.05) is 35.5 Å². The summed E-state index contributed by atoms with van der Waals surface area (Å²) in [6.07, 6.45) is 3.37. The Bertz CT molecular complexity index is 848. The molecule has 2 aromatic heterocycles. The van der Waals surface area contributed by atoms with Gasteiger partial charge in [0.2, 0.25) is 5.82 Å². The number of aromatic nitrogens is 3. The van der Waals surface area contributed by atoms with Crippen LogP contribution in [-0.4, -0.2) is 14.8 Å². The Hall–Kier alpha value is -2.05. The van der Waals surface area contributed by atoms with Crippen molar-refractivity contribution in [1.82, 2.24) is 14.8 Å². The summed E-state index contributed by atoms with van der Waals surface area (Å²) < 4.78 is 20.7. The van der Waals surface area contributed by atoms with Crippen molar-refractivity contribution in [1.29, 1.82) is 0 Å². The first-order valence-corrected chi connectivity index (χ1v) is 8.55. The summed E-state index contributed by atoms with van der Waals surface area (Å²) in [5.74, 6) is 0.868. The van der Waals surface area contributed by atoms with Crippen LogP contribution >= 0.6 is 23.4 Å². The van der Waals surface area contributed by atoms with Crippen molar-refractivity contribution in [3.05, 3.63) is 65.7 Å². The highest BCUT2D eigenvalue weighted by molar-refractivity contribution is 7.99. The maximum Gasteiger partial charge on any atom is 0.200 e. The molecule has 0 radical (unpaired) electrons. The molecule has 1 atom stereocenters. The third kappa shape index (κ3) is 3.39. The molecule has 3 aromatic rings. The maximum atomic E-state index is 13.3. The zero-order chi connectivity index (χ0) is 17.1. The van der Waals surface area contributed by atoms with Gasteiger partial charge in [0, 0.05) is 11.8 Å². The van der Waals surface area contributed by atoms with Crippen molar-refractivity contribution in [3.8, 4) is 11.6 Å². The smallest absolute Gasteiger partial charge is 0.200 e. The molecule has 0 saturated heterocycles. The number of benzene rings is 1. The van der Waals surface area contributed by atoms with Crippen LogP contribution in [0.4, 0.5) is 4.39 Å². The summed E-state index contributed by atoms with van der Waals surface area (Å²) in [7, 11) is 0. The van der Waals surface area contributed by atoms with E-state index in [1.807, 2.05) is 17.6 Å². The molecule has 2 heterocycles. The van der Waals surface area contributed by atoms with Gasteiger partial charge in [0.15, 0.2) is 10.9 Å². The Morgan fingerprint density at radius 1 is 1.42 bits per heavy atom. The van der Waals surface area contributed by atoms with E-state index in [9.17, 15) is 4.39 Å². The monoisotopic (exact) mass is 363 g/mol. The van der Waals surface area contributed by atoms with E-state index in [0.29, 0.717) is 18.1 Å². The summed E-state index contributed by atoms with van der Waals surface area (Å²) in [6.45, 7) is 6.35. The number of furan rings is 1. The molecule has 1 unspecified atom stereocenters. The van der Waals surface area contributed by atoms with Gasteiger partial charge in [0.25, 0.3) is 0 Å². The molecular formula is C17H15ClFN3OS. The summed E-state index contributed by atoms with van der Waals surface area (Å²) in [5.41, 5.74) is 0.916. The molecule has 0 saturated carbocycles. The van der Waals surface area contributed by atoms with Crippen LogP contribution in [0.1, 0.15) is 17.7 Å². The van der Waals surface area contributed by atoms with Crippen molar-refractivity contribution in [2.75, 3.05) is 0 Å². The van der Waals surface area contributed by atoms with E-state index in [-0.39, 0.29) is 10.3 Å². The van der Waals surface area contributed by atoms with Crippen LogP contribution in [0, 0.1) is 5.82 Å². The largest absolute Gasteiger partial charge is 0.461 e. The van der Waals surface area contributed by atoms with Crippen LogP contribution in [0.25, 0.3) is 11.6 Å². The molecular weight excluding hydrogens is 349 g/mol. The molecule has 0 aliphatic carbocycles. The molecule has 4 nitrogen and oxygen atoms in total. The Morgan fingerprint density at radius 2 is 2.25 bits per heavy atom. The number of thioether (sulfide) groups is 1. The lowest BCUT2D eigenvalue weighted by Crippen LogP contribution is -2.01. The van der Waals surface area contributed by atoms with Gasteiger partial charge < -0.3 is 4.42 Å². The van der Waals surface area contributed by atoms with E-state index in [4.69, 9.17) is 16.0 Å². The van der Waals surface area contributed by atoms with Gasteiger partial charge in [0.1, 0.15) is 5.82 Å². The minimum absolute atomic E-state index is 0.0281. The lowest BCUT2D eigenvalue weighted by atomic mass is 10.2. The summed E-state index contributed by atoms with van der Waals surface area (Å²) in [4.78, 5) is 0. The van der Waals surface area contributed by atoms with E-state index in [0.717, 1.165) is 10.7 Å². The van der Waals surface area contributed by atoms with E-state index in [1.54, 1.807) is 30.5 Å². The lowest BCUT2D eigenvalue weighted by Gasteiger charge is -2.13. The first-order chi connectivity index (χ1) is 11.6. The second kappa shape index (κ2) is 7.23. The van der Waals surface area contributed by atoms with Crippen molar-refractivity contribution >= 4 is 23.4 Å². The predicted molar refractivity (Wildman–Crippen MR) is 93.6 cm³/mol. The Morgan fingerprint density at radius 3 is 2.92 bits per heavy atom. The van der Waals surface area contributed by atoms with Gasteiger partial charge in [-0.25, -0.2) is 4.39 Å². The van der Waals surface area contributed by atoms with Gasteiger partial charge >= 0.3 is 0 Å². The normalized spacial score (nSPS) is 12.3. The average molecular weight is 364 g/mol. The molecule has 124 valence electrons. The molecule has 24 heavy (non-hydrogen) atoms. The third-order valence-electron chi connectivity index (χ3n) is 3.47. The van der Waals surface area contributed by atoms with E-state index in [1.165, 1.54) is 17.8 Å². The van der Waals surface area contributed by atoms with Crippen molar-refractivity contribution in [2.45, 2.75) is 23.9 Å². The second-order valence-electron chi connectivity index (χ2n) is 5.12. The minimum Gasteiger partial charge on any atom is -0.461 e. The van der Waals surface area contributed by atoms with Crippen LogP contribution < -0.4 is 0 Å². The molecule has 0 aliphatic rings. The van der Waals surface area contributed by atoms with Crippen molar-refractivity contribution in [3.63, 3.8) is 0 Å². The first-order valence-electron chi connectivity index (χ1n) is 7.29. The van der Waals surface area contributed by atoms with Gasteiger partial charge in [0.05, 0.1) is 11.3 Å². The number of rotatable bonds is 6. The molecule has 0 spiro atoms. The molecule has 7 heteroatoms. The topological polar surface area (TPSA) is 43.9 Å². The van der Waals surface area contributed by atoms with Gasteiger partial charge in [-0.2, -0.15) is 0 Å². The minimum atomic E-state index is -0.424. The van der Waals surface area contributed by atoms with Crippen LogP contribution in [-0.2, 0) is 6.54 Å². The molecule has 0 aliphatic heterocycles. The van der Waals surface area contributed by atoms with Crippen molar-refractivity contribution in [2.24, 2.45) is 0 Å². The van der Waals surface area contributed by atoms with Crippen LogP contribution in [0.2, 0.25) is 5.02 Å². The number of hydrogen-bond acceptors (Lipinski definition) is 4. The van der Waals surface area contributed by atoms with Crippen molar-refractivity contribution < 1.29 is 8.81 Å². The molecule has 0 bridgehead atoms. The van der Waals surface area contributed by atoms with Crippen LogP contribution in [0.3, 0.4) is 0 Å². The molecule has 0 fully saturated rings. The fourth-order valence-corrected chi connectivity index (χ4v) is 3.41. The number of hydrogen-bond donors (Lipinski definition) is 0. The Balaban J connectivity index is 1.89. The Labute approximate surface area is 148 Å². The number of halogens is 2. The highest BCUT2D eigenvalue weighted by Gasteiger charge is 2.19.